The molecule has 5 nitrogen and oxygen atoms in total. The highest BCUT2D eigenvalue weighted by molar-refractivity contribution is 5.75. The first-order valence-electron chi connectivity index (χ1n) is 7.26. The summed E-state index contributed by atoms with van der Waals surface area (Å²) in [6.07, 6.45) is 1.84. The number of rotatable bonds is 9. The summed E-state index contributed by atoms with van der Waals surface area (Å²) in [5.74, 6) is 0.840. The fourth-order valence-electron chi connectivity index (χ4n) is 2.14. The minimum absolute atomic E-state index is 0.0261. The van der Waals surface area contributed by atoms with E-state index < -0.39 is 0 Å². The van der Waals surface area contributed by atoms with Gasteiger partial charge in [0.25, 0.3) is 0 Å². The quantitative estimate of drug-likeness (QED) is 0.679. The van der Waals surface area contributed by atoms with E-state index >= 15 is 0 Å². The van der Waals surface area contributed by atoms with Crippen molar-refractivity contribution >= 4 is 5.91 Å². The van der Waals surface area contributed by atoms with Gasteiger partial charge in [-0.1, -0.05) is 12.1 Å². The maximum absolute atomic E-state index is 11.8. The molecule has 0 radical (unpaired) electrons. The molecule has 1 aromatic rings. The molecule has 5 heteroatoms. The number of nitrogens with one attached hydrogen (secondary N) is 1. The molecule has 1 aromatic carbocycles. The molecule has 0 saturated carbocycles. The molecule has 0 aliphatic rings. The van der Waals surface area contributed by atoms with Gasteiger partial charge in [0.05, 0.1) is 13.2 Å². The number of unbranched alkanes of at least 4 members (excludes halogenated alkanes) is 1. The molecule has 0 fully saturated rings. The van der Waals surface area contributed by atoms with Gasteiger partial charge < -0.3 is 20.1 Å². The molecule has 118 valence electrons. The summed E-state index contributed by atoms with van der Waals surface area (Å²) < 4.78 is 5.25. The van der Waals surface area contributed by atoms with E-state index in [-0.39, 0.29) is 18.6 Å². The SMILES string of the molecule is COc1cccc(C(CNC(=O)CCCCO)N(C)C)c1. The molecule has 2 N–H and O–H groups in total. The van der Waals surface area contributed by atoms with Gasteiger partial charge in [-0.2, -0.15) is 0 Å². The Labute approximate surface area is 126 Å². The maximum Gasteiger partial charge on any atom is 0.220 e. The van der Waals surface area contributed by atoms with Crippen LogP contribution >= 0.6 is 0 Å². The number of amides is 1. The van der Waals surface area contributed by atoms with Crippen LogP contribution in [0.25, 0.3) is 0 Å². The molecule has 1 amide bonds. The Morgan fingerprint density at radius 1 is 1.38 bits per heavy atom. The van der Waals surface area contributed by atoms with E-state index in [0.717, 1.165) is 11.3 Å². The minimum Gasteiger partial charge on any atom is -0.497 e. The Hall–Kier alpha value is -1.59. The fourth-order valence-corrected chi connectivity index (χ4v) is 2.14. The Kier molecular flexibility index (Phi) is 7.79. The molecular formula is C16H26N2O3. The zero-order valence-corrected chi connectivity index (χ0v) is 13.1. The molecule has 0 aromatic heterocycles. The van der Waals surface area contributed by atoms with Crippen LogP contribution in [0.15, 0.2) is 24.3 Å². The number of aliphatic hydroxyl groups is 1. The number of benzene rings is 1. The third-order valence-electron chi connectivity index (χ3n) is 3.41. The van der Waals surface area contributed by atoms with E-state index in [0.29, 0.717) is 25.8 Å². The van der Waals surface area contributed by atoms with Gasteiger partial charge >= 0.3 is 0 Å². The zero-order chi connectivity index (χ0) is 15.7. The van der Waals surface area contributed by atoms with Gasteiger partial charge in [0.15, 0.2) is 0 Å². The number of hydrogen-bond acceptors (Lipinski definition) is 4. The summed E-state index contributed by atoms with van der Waals surface area (Å²) in [7, 11) is 5.62. The van der Waals surface area contributed by atoms with Crippen LogP contribution in [0.1, 0.15) is 30.9 Å². The molecule has 0 aliphatic heterocycles. The molecule has 1 unspecified atom stereocenters. The standard InChI is InChI=1S/C16H26N2O3/c1-18(2)15(12-17-16(20)9-4-5-10-19)13-7-6-8-14(11-13)21-3/h6-8,11,15,19H,4-5,9-10,12H2,1-3H3,(H,17,20). The smallest absolute Gasteiger partial charge is 0.220 e. The maximum atomic E-state index is 11.8. The van der Waals surface area contributed by atoms with Crippen LogP contribution in [-0.2, 0) is 4.79 Å². The Bertz CT molecular complexity index is 435. The monoisotopic (exact) mass is 294 g/mol. The molecule has 0 aliphatic carbocycles. The molecular weight excluding hydrogens is 268 g/mol. The summed E-state index contributed by atoms with van der Waals surface area (Å²) in [6.45, 7) is 0.690. The predicted molar refractivity (Wildman–Crippen MR) is 83.4 cm³/mol. The lowest BCUT2D eigenvalue weighted by molar-refractivity contribution is -0.121. The van der Waals surface area contributed by atoms with E-state index in [2.05, 4.69) is 10.2 Å². The molecule has 21 heavy (non-hydrogen) atoms. The molecule has 0 spiro atoms. The largest absolute Gasteiger partial charge is 0.497 e. The Morgan fingerprint density at radius 2 is 2.14 bits per heavy atom. The van der Waals surface area contributed by atoms with E-state index in [1.54, 1.807) is 7.11 Å². The third-order valence-corrected chi connectivity index (χ3v) is 3.41. The summed E-state index contributed by atoms with van der Waals surface area (Å²) in [5.41, 5.74) is 1.11. The van der Waals surface area contributed by atoms with Gasteiger partial charge in [-0.25, -0.2) is 0 Å². The van der Waals surface area contributed by atoms with Crippen molar-refractivity contribution in [2.75, 3.05) is 34.4 Å². The highest BCUT2D eigenvalue weighted by Gasteiger charge is 2.15. The van der Waals surface area contributed by atoms with Crippen molar-refractivity contribution in [2.24, 2.45) is 0 Å². The van der Waals surface area contributed by atoms with Gasteiger partial charge in [0.2, 0.25) is 5.91 Å². The van der Waals surface area contributed by atoms with Crippen LogP contribution in [0.3, 0.4) is 0 Å². The summed E-state index contributed by atoms with van der Waals surface area (Å²) in [5, 5.41) is 11.7. The number of ether oxygens (including phenoxy) is 1. The van der Waals surface area contributed by atoms with E-state index in [1.165, 1.54) is 0 Å². The molecule has 1 rings (SSSR count). The zero-order valence-electron chi connectivity index (χ0n) is 13.1. The van der Waals surface area contributed by atoms with Crippen molar-refractivity contribution in [1.82, 2.24) is 10.2 Å². The van der Waals surface area contributed by atoms with Gasteiger partial charge in [0.1, 0.15) is 5.75 Å². The number of hydrogen-bond donors (Lipinski definition) is 2. The Balaban J connectivity index is 2.59. The average Bonchev–Trinajstić information content (AvgIpc) is 2.47. The van der Waals surface area contributed by atoms with Crippen LogP contribution < -0.4 is 10.1 Å². The second-order valence-electron chi connectivity index (χ2n) is 5.24. The van der Waals surface area contributed by atoms with Gasteiger partial charge in [0, 0.05) is 19.6 Å². The molecule has 0 saturated heterocycles. The van der Waals surface area contributed by atoms with Crippen molar-refractivity contribution in [2.45, 2.75) is 25.3 Å². The van der Waals surface area contributed by atoms with Gasteiger partial charge in [-0.15, -0.1) is 0 Å². The number of likely N-dealkylation sites (N-methyl/N-ethyl adjacent to an activating group) is 1. The molecule has 1 atom stereocenters. The lowest BCUT2D eigenvalue weighted by Gasteiger charge is -2.25. The summed E-state index contributed by atoms with van der Waals surface area (Å²) in [4.78, 5) is 13.8. The average molecular weight is 294 g/mol. The first-order valence-corrected chi connectivity index (χ1v) is 7.26. The number of methoxy groups -OCH3 is 1. The van der Waals surface area contributed by atoms with Crippen molar-refractivity contribution < 1.29 is 14.6 Å². The summed E-state index contributed by atoms with van der Waals surface area (Å²) >= 11 is 0. The van der Waals surface area contributed by atoms with Gasteiger partial charge in [-0.05, 0) is 44.6 Å². The highest BCUT2D eigenvalue weighted by Crippen LogP contribution is 2.22. The van der Waals surface area contributed by atoms with Crippen LogP contribution in [0.2, 0.25) is 0 Å². The lowest BCUT2D eigenvalue weighted by atomic mass is 10.1. The fraction of sp³-hybridized carbons (Fsp3) is 0.562. The van der Waals surface area contributed by atoms with Crippen LogP contribution in [0, 0.1) is 0 Å². The van der Waals surface area contributed by atoms with Crippen molar-refractivity contribution in [3.63, 3.8) is 0 Å². The topological polar surface area (TPSA) is 61.8 Å². The van der Waals surface area contributed by atoms with E-state index in [1.807, 2.05) is 38.4 Å². The minimum atomic E-state index is 0.0261. The van der Waals surface area contributed by atoms with Crippen LogP contribution in [-0.4, -0.2) is 50.3 Å². The number of carbonyl (C=O) groups excluding carboxylic acids is 1. The first kappa shape index (κ1) is 17.5. The van der Waals surface area contributed by atoms with Crippen LogP contribution in [0.5, 0.6) is 5.75 Å². The third kappa shape index (κ3) is 6.14. The Morgan fingerprint density at radius 3 is 2.76 bits per heavy atom. The van der Waals surface area contributed by atoms with Crippen LogP contribution in [0.4, 0.5) is 0 Å². The van der Waals surface area contributed by atoms with E-state index in [9.17, 15) is 4.79 Å². The van der Waals surface area contributed by atoms with Gasteiger partial charge in [-0.3, -0.25) is 4.79 Å². The van der Waals surface area contributed by atoms with Crippen molar-refractivity contribution in [3.05, 3.63) is 29.8 Å². The second-order valence-corrected chi connectivity index (χ2v) is 5.24. The van der Waals surface area contributed by atoms with Crippen molar-refractivity contribution in [3.8, 4) is 5.75 Å². The van der Waals surface area contributed by atoms with Crippen molar-refractivity contribution in [1.29, 1.82) is 0 Å². The lowest BCUT2D eigenvalue weighted by Crippen LogP contribution is -2.34. The first-order chi connectivity index (χ1) is 10.1. The normalized spacial score (nSPS) is 12.2. The molecule has 0 heterocycles. The summed E-state index contributed by atoms with van der Waals surface area (Å²) in [6, 6.07) is 7.98. The number of aliphatic hydroxyl groups excluding tert-OH is 1. The second kappa shape index (κ2) is 9.37. The predicted octanol–water partition coefficient (Wildman–Crippen LogP) is 1.58. The molecule has 0 bridgehead atoms. The number of carbonyl (C=O) groups is 1. The highest BCUT2D eigenvalue weighted by atomic mass is 16.5. The number of nitrogens with zero attached hydrogens (tertiary/aromatic N) is 1. The van der Waals surface area contributed by atoms with E-state index in [4.69, 9.17) is 9.84 Å².